The van der Waals surface area contributed by atoms with Gasteiger partial charge in [0.25, 0.3) is 0 Å². The summed E-state index contributed by atoms with van der Waals surface area (Å²) in [5, 5.41) is 0.654. The predicted molar refractivity (Wildman–Crippen MR) is 124 cm³/mol. The molecular formula is C26H26N2O5. The van der Waals surface area contributed by atoms with Gasteiger partial charge in [-0.3, -0.25) is 4.79 Å². The molecule has 0 saturated heterocycles. The van der Waals surface area contributed by atoms with E-state index in [4.69, 9.17) is 13.9 Å². The second-order valence-corrected chi connectivity index (χ2v) is 7.83. The van der Waals surface area contributed by atoms with Gasteiger partial charge in [0, 0.05) is 42.6 Å². The molecule has 170 valence electrons. The highest BCUT2D eigenvalue weighted by Crippen LogP contribution is 2.26. The maximum absolute atomic E-state index is 13.0. The molecule has 0 saturated carbocycles. The van der Waals surface area contributed by atoms with Crippen LogP contribution < -0.4 is 0 Å². The third kappa shape index (κ3) is 4.73. The van der Waals surface area contributed by atoms with Crippen molar-refractivity contribution < 1.29 is 23.5 Å². The molecular weight excluding hydrogens is 420 g/mol. The fourth-order valence-corrected chi connectivity index (χ4v) is 3.98. The molecule has 0 bridgehead atoms. The second-order valence-electron chi connectivity index (χ2n) is 7.83. The van der Waals surface area contributed by atoms with E-state index in [0.29, 0.717) is 40.1 Å². The Labute approximate surface area is 191 Å². The summed E-state index contributed by atoms with van der Waals surface area (Å²) in [6.45, 7) is 4.94. The molecule has 0 aliphatic heterocycles. The van der Waals surface area contributed by atoms with Crippen LogP contribution in [-0.2, 0) is 16.0 Å². The smallest absolute Gasteiger partial charge is 0.339 e. The van der Waals surface area contributed by atoms with Crippen molar-refractivity contribution in [1.82, 2.24) is 9.55 Å². The first kappa shape index (κ1) is 22.5. The number of carbonyl (C=O) groups excluding carboxylic acids is 2. The number of ketones is 1. The summed E-state index contributed by atoms with van der Waals surface area (Å²) in [6, 6.07) is 14.3. The highest BCUT2D eigenvalue weighted by Gasteiger charge is 2.20. The minimum absolute atomic E-state index is 0.237. The van der Waals surface area contributed by atoms with Gasteiger partial charge in [-0.25, -0.2) is 9.78 Å². The Morgan fingerprint density at radius 3 is 2.64 bits per heavy atom. The molecule has 4 aromatic rings. The number of pyridine rings is 1. The Hall–Kier alpha value is -3.71. The minimum atomic E-state index is -0.580. The molecule has 33 heavy (non-hydrogen) atoms. The van der Waals surface area contributed by atoms with Gasteiger partial charge in [0.1, 0.15) is 5.69 Å². The lowest BCUT2D eigenvalue weighted by molar-refractivity contribution is 0.0476. The lowest BCUT2D eigenvalue weighted by Crippen LogP contribution is -2.16. The number of rotatable bonds is 9. The van der Waals surface area contributed by atoms with Crippen molar-refractivity contribution in [2.45, 2.75) is 26.8 Å². The van der Waals surface area contributed by atoms with Gasteiger partial charge in [-0.15, -0.1) is 0 Å². The van der Waals surface area contributed by atoms with E-state index in [2.05, 4.69) is 9.55 Å². The highest BCUT2D eigenvalue weighted by molar-refractivity contribution is 6.06. The number of nitrogens with zero attached hydrogens (tertiary/aromatic N) is 2. The average molecular weight is 447 g/mol. The van der Waals surface area contributed by atoms with Gasteiger partial charge in [-0.05, 0) is 50.6 Å². The lowest BCUT2D eigenvalue weighted by Gasteiger charge is -2.10. The zero-order chi connectivity index (χ0) is 23.4. The molecule has 0 atom stereocenters. The number of Topliss-reactive ketones (excluding diaryl/α,β-unsaturated/α-hetero) is 1. The van der Waals surface area contributed by atoms with Crippen LogP contribution >= 0.6 is 0 Å². The van der Waals surface area contributed by atoms with Crippen LogP contribution in [0.25, 0.3) is 22.4 Å². The molecule has 0 unspecified atom stereocenters. The Bertz CT molecular complexity index is 1290. The van der Waals surface area contributed by atoms with E-state index in [1.165, 1.54) is 0 Å². The first-order chi connectivity index (χ1) is 16.0. The average Bonchev–Trinajstić information content (AvgIpc) is 3.46. The van der Waals surface area contributed by atoms with E-state index in [0.717, 1.165) is 24.4 Å². The van der Waals surface area contributed by atoms with Gasteiger partial charge in [0.05, 0.1) is 17.3 Å². The second kappa shape index (κ2) is 9.83. The number of ether oxygens (including phenoxy) is 2. The van der Waals surface area contributed by atoms with E-state index in [9.17, 15) is 9.59 Å². The Kier molecular flexibility index (Phi) is 6.70. The molecule has 0 aliphatic carbocycles. The Balaban J connectivity index is 1.54. The van der Waals surface area contributed by atoms with Crippen LogP contribution in [0, 0.1) is 13.8 Å². The van der Waals surface area contributed by atoms with Gasteiger partial charge in [-0.1, -0.05) is 18.2 Å². The van der Waals surface area contributed by atoms with Gasteiger partial charge in [0.2, 0.25) is 5.78 Å². The Morgan fingerprint density at radius 1 is 1.06 bits per heavy atom. The van der Waals surface area contributed by atoms with E-state index in [-0.39, 0.29) is 12.4 Å². The molecule has 0 radical (unpaired) electrons. The molecule has 7 nitrogen and oxygen atoms in total. The van der Waals surface area contributed by atoms with Crippen LogP contribution in [-0.4, -0.2) is 41.6 Å². The molecule has 0 fully saturated rings. The first-order valence-electron chi connectivity index (χ1n) is 10.8. The standard InChI is InChI=1S/C26H26N2O5/c1-17-14-20(18(2)28(17)11-7-12-31-3)24(29)16-33-26(30)21-15-23(25-10-6-13-32-25)27-22-9-5-4-8-19(21)22/h4-6,8-10,13-15H,7,11-12,16H2,1-3H3. The number of fused-ring (bicyclic) bond motifs is 1. The monoisotopic (exact) mass is 446 g/mol. The van der Waals surface area contributed by atoms with Gasteiger partial charge < -0.3 is 18.5 Å². The zero-order valence-electron chi connectivity index (χ0n) is 19.0. The van der Waals surface area contributed by atoms with Crippen LogP contribution in [0.2, 0.25) is 0 Å². The Morgan fingerprint density at radius 2 is 1.88 bits per heavy atom. The van der Waals surface area contributed by atoms with Crippen LogP contribution in [0.5, 0.6) is 0 Å². The number of furan rings is 1. The third-order valence-corrected chi connectivity index (χ3v) is 5.65. The van der Waals surface area contributed by atoms with Crippen molar-refractivity contribution in [1.29, 1.82) is 0 Å². The van der Waals surface area contributed by atoms with E-state index in [1.807, 2.05) is 38.1 Å². The van der Waals surface area contributed by atoms with Crippen molar-refractivity contribution in [2.75, 3.05) is 20.3 Å². The minimum Gasteiger partial charge on any atom is -0.463 e. The van der Waals surface area contributed by atoms with Gasteiger partial charge in [-0.2, -0.15) is 0 Å². The summed E-state index contributed by atoms with van der Waals surface area (Å²) in [7, 11) is 1.67. The fourth-order valence-electron chi connectivity index (χ4n) is 3.98. The van der Waals surface area contributed by atoms with Crippen molar-refractivity contribution in [2.24, 2.45) is 0 Å². The van der Waals surface area contributed by atoms with Crippen molar-refractivity contribution >= 4 is 22.7 Å². The maximum atomic E-state index is 13.0. The molecule has 0 N–H and O–H groups in total. The molecule has 1 aromatic carbocycles. The summed E-state index contributed by atoms with van der Waals surface area (Å²) in [5.74, 6) is -0.269. The number of hydrogen-bond acceptors (Lipinski definition) is 6. The number of benzene rings is 1. The van der Waals surface area contributed by atoms with Crippen LogP contribution in [0.1, 0.15) is 38.5 Å². The number of methoxy groups -OCH3 is 1. The lowest BCUT2D eigenvalue weighted by atomic mass is 10.1. The quantitative estimate of drug-likeness (QED) is 0.205. The molecule has 3 aromatic heterocycles. The number of hydrogen-bond donors (Lipinski definition) is 0. The number of para-hydroxylation sites is 1. The van der Waals surface area contributed by atoms with Crippen LogP contribution in [0.15, 0.2) is 59.2 Å². The summed E-state index contributed by atoms with van der Waals surface area (Å²) in [4.78, 5) is 30.4. The summed E-state index contributed by atoms with van der Waals surface area (Å²) < 4.78 is 18.1. The number of esters is 1. The van der Waals surface area contributed by atoms with E-state index in [1.54, 1.807) is 37.6 Å². The van der Waals surface area contributed by atoms with Gasteiger partial charge >= 0.3 is 5.97 Å². The zero-order valence-corrected chi connectivity index (χ0v) is 19.0. The number of aromatic nitrogens is 2. The van der Waals surface area contributed by atoms with E-state index >= 15 is 0 Å². The fraction of sp³-hybridized carbons (Fsp3) is 0.269. The van der Waals surface area contributed by atoms with Gasteiger partial charge in [0.15, 0.2) is 12.4 Å². The summed E-state index contributed by atoms with van der Waals surface area (Å²) in [6.07, 6.45) is 2.40. The van der Waals surface area contributed by atoms with Crippen molar-refractivity contribution in [3.63, 3.8) is 0 Å². The SMILES string of the molecule is COCCCn1c(C)cc(C(=O)COC(=O)c2cc(-c3ccco3)nc3ccccc23)c1C. The molecule has 7 heteroatoms. The summed E-state index contributed by atoms with van der Waals surface area (Å²) in [5.41, 5.74) is 3.92. The third-order valence-electron chi connectivity index (χ3n) is 5.65. The van der Waals surface area contributed by atoms with Crippen LogP contribution in [0.3, 0.4) is 0 Å². The molecule has 0 amide bonds. The summed E-state index contributed by atoms with van der Waals surface area (Å²) >= 11 is 0. The molecule has 4 rings (SSSR count). The molecule has 0 spiro atoms. The van der Waals surface area contributed by atoms with Crippen molar-refractivity contribution in [3.8, 4) is 11.5 Å². The predicted octanol–water partition coefficient (Wildman–Crippen LogP) is 4.99. The highest BCUT2D eigenvalue weighted by atomic mass is 16.5. The maximum Gasteiger partial charge on any atom is 0.339 e. The number of carbonyl (C=O) groups is 2. The molecule has 0 aliphatic rings. The topological polar surface area (TPSA) is 83.6 Å². The number of aryl methyl sites for hydroxylation is 1. The molecule has 3 heterocycles. The normalized spacial score (nSPS) is 11.1. The van der Waals surface area contributed by atoms with Crippen LogP contribution in [0.4, 0.5) is 0 Å². The first-order valence-corrected chi connectivity index (χ1v) is 10.8. The van der Waals surface area contributed by atoms with Crippen molar-refractivity contribution in [3.05, 3.63) is 77.3 Å². The van der Waals surface area contributed by atoms with E-state index < -0.39 is 5.97 Å². The largest absolute Gasteiger partial charge is 0.463 e.